The predicted octanol–water partition coefficient (Wildman–Crippen LogP) is 1.21. The maximum Gasteiger partial charge on any atom is 0.354 e. The molecule has 0 aliphatic rings. The van der Waals surface area contributed by atoms with E-state index in [1.807, 2.05) is 0 Å². The molecule has 1 unspecified atom stereocenters. The molecule has 0 radical (unpaired) electrons. The van der Waals surface area contributed by atoms with E-state index in [0.29, 0.717) is 11.0 Å². The Labute approximate surface area is 103 Å². The van der Waals surface area contributed by atoms with Crippen LogP contribution >= 0.6 is 11.6 Å². The summed E-state index contributed by atoms with van der Waals surface area (Å²) in [4.78, 5) is 19.0. The maximum absolute atomic E-state index is 13.0. The second-order valence-corrected chi connectivity index (χ2v) is 3.47. The van der Waals surface area contributed by atoms with Gasteiger partial charge in [-0.05, 0) is 0 Å². The molecule has 0 aromatic carbocycles. The Morgan fingerprint density at radius 2 is 1.89 bits per heavy atom. The van der Waals surface area contributed by atoms with Crippen LogP contribution in [-0.4, -0.2) is 30.7 Å². The van der Waals surface area contributed by atoms with Crippen LogP contribution in [-0.2, 0) is 0 Å². The summed E-state index contributed by atoms with van der Waals surface area (Å²) < 4.78 is 38.1. The van der Waals surface area contributed by atoms with Crippen LogP contribution in [0, 0.1) is 0 Å². The fraction of sp³-hybridized carbons (Fsp3) is 0.250. The molecule has 0 aliphatic carbocycles. The zero-order valence-corrected chi connectivity index (χ0v) is 9.30. The van der Waals surface area contributed by atoms with Crippen molar-refractivity contribution in [3.05, 3.63) is 34.4 Å². The molecular formula is C8H5ClF3N5O. The van der Waals surface area contributed by atoms with Gasteiger partial charge in [-0.15, -0.1) is 0 Å². The largest absolute Gasteiger partial charge is 0.354 e. The fourth-order valence-corrected chi connectivity index (χ4v) is 1.39. The van der Waals surface area contributed by atoms with E-state index in [4.69, 9.17) is 11.6 Å². The van der Waals surface area contributed by atoms with Crippen molar-refractivity contribution in [3.63, 3.8) is 0 Å². The van der Waals surface area contributed by atoms with E-state index in [9.17, 15) is 18.0 Å². The summed E-state index contributed by atoms with van der Waals surface area (Å²) in [6, 6.07) is 0. The molecule has 0 N–H and O–H groups in total. The van der Waals surface area contributed by atoms with E-state index in [2.05, 4.69) is 15.1 Å². The molecule has 0 fully saturated rings. The molecule has 0 saturated carbocycles. The highest BCUT2D eigenvalue weighted by Crippen LogP contribution is 2.16. The van der Waals surface area contributed by atoms with Crippen molar-refractivity contribution in [2.24, 2.45) is 0 Å². The molecule has 2 heterocycles. The van der Waals surface area contributed by atoms with Crippen LogP contribution in [0.5, 0.6) is 0 Å². The number of hydrogen-bond donors (Lipinski definition) is 0. The van der Waals surface area contributed by atoms with Gasteiger partial charge >= 0.3 is 5.69 Å². The third-order valence-electron chi connectivity index (χ3n) is 2.00. The van der Waals surface area contributed by atoms with Gasteiger partial charge in [0.25, 0.3) is 6.43 Å². The first kappa shape index (κ1) is 12.6. The highest BCUT2D eigenvalue weighted by Gasteiger charge is 2.25. The predicted molar refractivity (Wildman–Crippen MR) is 54.6 cm³/mol. The minimum Gasteiger partial charge on any atom is -0.245 e. The van der Waals surface area contributed by atoms with Gasteiger partial charge in [-0.2, -0.15) is 9.78 Å². The lowest BCUT2D eigenvalue weighted by molar-refractivity contribution is 0.00581. The second kappa shape index (κ2) is 4.77. The summed E-state index contributed by atoms with van der Waals surface area (Å²) in [6.07, 6.45) is -2.97. The summed E-state index contributed by atoms with van der Waals surface area (Å²) in [5.41, 5.74) is -1.12. The van der Waals surface area contributed by atoms with Crippen molar-refractivity contribution in [2.45, 2.75) is 12.7 Å². The minimum absolute atomic E-state index is 0.148. The molecule has 0 spiro atoms. The van der Waals surface area contributed by atoms with Crippen LogP contribution in [0.3, 0.4) is 0 Å². The molecule has 0 amide bonds. The monoisotopic (exact) mass is 279 g/mol. The van der Waals surface area contributed by atoms with Gasteiger partial charge in [-0.1, -0.05) is 11.6 Å². The summed E-state index contributed by atoms with van der Waals surface area (Å²) in [5, 5.41) is 3.30. The van der Waals surface area contributed by atoms with Crippen molar-refractivity contribution >= 4 is 11.6 Å². The minimum atomic E-state index is -3.34. The first-order valence-corrected chi connectivity index (χ1v) is 4.95. The van der Waals surface area contributed by atoms with Gasteiger partial charge in [-0.25, -0.2) is 32.5 Å². The van der Waals surface area contributed by atoms with Gasteiger partial charge in [-0.3, -0.25) is 0 Å². The zero-order chi connectivity index (χ0) is 13.3. The van der Waals surface area contributed by atoms with E-state index in [-0.39, 0.29) is 15.5 Å². The summed E-state index contributed by atoms with van der Waals surface area (Å²) in [7, 11) is 0. The number of aromatic nitrogens is 5. The van der Waals surface area contributed by atoms with Crippen LogP contribution in [0.25, 0.3) is 5.82 Å². The molecule has 0 saturated heterocycles. The Kier molecular flexibility index (Phi) is 3.32. The Balaban J connectivity index is 2.50. The molecule has 2 aromatic rings. The second-order valence-electron chi connectivity index (χ2n) is 3.11. The Morgan fingerprint density at radius 3 is 2.50 bits per heavy atom. The van der Waals surface area contributed by atoms with E-state index in [1.54, 1.807) is 0 Å². The lowest BCUT2D eigenvalue weighted by atomic mass is 10.6. The SMILES string of the molecule is O=c1n(C(F)C(F)F)cnn1-c1nccnc1Cl. The molecule has 96 valence electrons. The van der Waals surface area contributed by atoms with E-state index < -0.39 is 18.4 Å². The molecule has 2 aromatic heterocycles. The van der Waals surface area contributed by atoms with E-state index in [1.165, 1.54) is 12.4 Å². The standard InChI is InChI=1S/C8H5ClF3N5O/c9-4-7(14-2-1-13-4)17-8(18)16(3-15-17)6(12)5(10)11/h1-3,5-6H. The van der Waals surface area contributed by atoms with Crippen LogP contribution < -0.4 is 5.69 Å². The first-order chi connectivity index (χ1) is 8.52. The van der Waals surface area contributed by atoms with Crippen molar-refractivity contribution in [3.8, 4) is 5.82 Å². The molecule has 18 heavy (non-hydrogen) atoms. The first-order valence-electron chi connectivity index (χ1n) is 4.57. The highest BCUT2D eigenvalue weighted by molar-refractivity contribution is 6.30. The number of rotatable bonds is 3. The van der Waals surface area contributed by atoms with Gasteiger partial charge in [0.05, 0.1) is 0 Å². The Bertz CT molecular complexity index is 613. The topological polar surface area (TPSA) is 65.6 Å². The lowest BCUT2D eigenvalue weighted by Crippen LogP contribution is -2.28. The molecule has 10 heteroatoms. The molecular weight excluding hydrogens is 275 g/mol. The molecule has 0 aliphatic heterocycles. The van der Waals surface area contributed by atoms with E-state index in [0.717, 1.165) is 0 Å². The van der Waals surface area contributed by atoms with Crippen molar-refractivity contribution in [1.82, 2.24) is 24.3 Å². The van der Waals surface area contributed by atoms with Crippen molar-refractivity contribution in [1.29, 1.82) is 0 Å². The third-order valence-corrected chi connectivity index (χ3v) is 2.27. The normalized spacial score (nSPS) is 12.9. The number of halogens is 4. The smallest absolute Gasteiger partial charge is 0.245 e. The zero-order valence-electron chi connectivity index (χ0n) is 8.54. The van der Waals surface area contributed by atoms with Gasteiger partial charge in [0.2, 0.25) is 6.30 Å². The van der Waals surface area contributed by atoms with Crippen molar-refractivity contribution in [2.75, 3.05) is 0 Å². The molecule has 0 bridgehead atoms. The third kappa shape index (κ3) is 2.08. The summed E-state index contributed by atoms with van der Waals surface area (Å²) in [6.45, 7) is 0. The van der Waals surface area contributed by atoms with Crippen LogP contribution in [0.2, 0.25) is 5.15 Å². The average Bonchev–Trinajstić information content (AvgIpc) is 2.71. The van der Waals surface area contributed by atoms with Crippen molar-refractivity contribution < 1.29 is 13.2 Å². The van der Waals surface area contributed by atoms with Gasteiger partial charge in [0, 0.05) is 12.4 Å². The van der Waals surface area contributed by atoms with Gasteiger partial charge in [0.15, 0.2) is 11.0 Å². The molecule has 6 nitrogen and oxygen atoms in total. The van der Waals surface area contributed by atoms with Gasteiger partial charge in [0.1, 0.15) is 6.33 Å². The Morgan fingerprint density at radius 1 is 1.22 bits per heavy atom. The number of nitrogens with zero attached hydrogens (tertiary/aromatic N) is 5. The summed E-state index contributed by atoms with van der Waals surface area (Å²) in [5.74, 6) is -0.163. The lowest BCUT2D eigenvalue weighted by Gasteiger charge is -2.05. The number of alkyl halides is 3. The molecule has 1 atom stereocenters. The Hall–Kier alpha value is -1.90. The van der Waals surface area contributed by atoms with E-state index >= 15 is 0 Å². The summed E-state index contributed by atoms with van der Waals surface area (Å²) >= 11 is 5.66. The van der Waals surface area contributed by atoms with Crippen LogP contribution in [0.15, 0.2) is 23.5 Å². The number of hydrogen-bond acceptors (Lipinski definition) is 4. The molecule has 2 rings (SSSR count). The fourth-order valence-electron chi connectivity index (χ4n) is 1.21. The quantitative estimate of drug-likeness (QED) is 0.847. The van der Waals surface area contributed by atoms with Crippen LogP contribution in [0.1, 0.15) is 6.30 Å². The average molecular weight is 280 g/mol. The maximum atomic E-state index is 13.0. The highest BCUT2D eigenvalue weighted by atomic mass is 35.5. The van der Waals surface area contributed by atoms with Gasteiger partial charge < -0.3 is 0 Å². The van der Waals surface area contributed by atoms with Crippen LogP contribution in [0.4, 0.5) is 13.2 Å².